The van der Waals surface area contributed by atoms with Crippen molar-refractivity contribution in [3.8, 4) is 11.5 Å². The van der Waals surface area contributed by atoms with Crippen LogP contribution in [0.15, 0.2) is 46.4 Å². The first-order chi connectivity index (χ1) is 16.3. The molecule has 2 aromatic carbocycles. The highest BCUT2D eigenvalue weighted by molar-refractivity contribution is 9.10. The van der Waals surface area contributed by atoms with Crippen molar-refractivity contribution in [2.75, 3.05) is 24.7 Å². The lowest BCUT2D eigenvalue weighted by Gasteiger charge is -2.29. The van der Waals surface area contributed by atoms with Gasteiger partial charge in [-0.2, -0.15) is 0 Å². The quantitative estimate of drug-likeness (QED) is 0.231. The van der Waals surface area contributed by atoms with E-state index in [0.717, 1.165) is 4.90 Å². The summed E-state index contributed by atoms with van der Waals surface area (Å²) in [7, 11) is 0. The predicted molar refractivity (Wildman–Crippen MR) is 130 cm³/mol. The van der Waals surface area contributed by atoms with Crippen molar-refractivity contribution in [2.45, 2.75) is 13.8 Å². The molecule has 0 radical (unpaired) electrons. The van der Waals surface area contributed by atoms with Crippen LogP contribution in [0.2, 0.25) is 0 Å². The summed E-state index contributed by atoms with van der Waals surface area (Å²) in [4.78, 5) is 38.3. The normalized spacial score (nSPS) is 14.8. The molecule has 1 fully saturated rings. The van der Waals surface area contributed by atoms with E-state index in [1.54, 1.807) is 32.0 Å². The van der Waals surface area contributed by atoms with Crippen LogP contribution >= 0.6 is 28.1 Å². The molecule has 34 heavy (non-hydrogen) atoms. The van der Waals surface area contributed by atoms with E-state index in [9.17, 15) is 18.8 Å². The number of amides is 2. The van der Waals surface area contributed by atoms with Crippen molar-refractivity contribution < 1.29 is 33.0 Å². The Hall–Kier alpha value is -3.31. The van der Waals surface area contributed by atoms with Crippen molar-refractivity contribution in [3.63, 3.8) is 0 Å². The number of esters is 1. The zero-order valence-corrected chi connectivity index (χ0v) is 20.6. The Balaban J connectivity index is 1.98. The Kier molecular flexibility index (Phi) is 8.35. The highest BCUT2D eigenvalue weighted by Crippen LogP contribution is 2.35. The maximum absolute atomic E-state index is 14.3. The molecule has 1 aliphatic rings. The molecule has 11 heteroatoms. The summed E-state index contributed by atoms with van der Waals surface area (Å²) >= 11 is 8.48. The number of hydrogen-bond donors (Lipinski definition) is 1. The van der Waals surface area contributed by atoms with Gasteiger partial charge in [-0.25, -0.2) is 14.1 Å². The van der Waals surface area contributed by atoms with Crippen LogP contribution < -0.4 is 19.7 Å². The number of para-hydroxylation sites is 1. The molecule has 8 nitrogen and oxygen atoms in total. The molecule has 0 atom stereocenters. The van der Waals surface area contributed by atoms with Crippen molar-refractivity contribution in [2.24, 2.45) is 0 Å². The second-order valence-electron chi connectivity index (χ2n) is 6.76. The van der Waals surface area contributed by atoms with Crippen LogP contribution in [0.1, 0.15) is 19.4 Å². The molecule has 1 heterocycles. The molecule has 0 unspecified atom stereocenters. The number of nitrogens with one attached hydrogen (secondary N) is 1. The number of nitrogens with zero attached hydrogens (tertiary/aromatic N) is 1. The Morgan fingerprint density at radius 3 is 2.53 bits per heavy atom. The number of hydrogen-bond acceptors (Lipinski definition) is 7. The summed E-state index contributed by atoms with van der Waals surface area (Å²) in [5, 5.41) is 2.18. The Morgan fingerprint density at radius 2 is 1.85 bits per heavy atom. The fourth-order valence-electron chi connectivity index (χ4n) is 3.05. The van der Waals surface area contributed by atoms with Gasteiger partial charge < -0.3 is 14.2 Å². The number of halogens is 2. The monoisotopic (exact) mass is 550 g/mol. The Labute approximate surface area is 208 Å². The average molecular weight is 551 g/mol. The molecule has 1 N–H and O–H groups in total. The second kappa shape index (κ2) is 11.2. The summed E-state index contributed by atoms with van der Waals surface area (Å²) in [6, 6.07) is 8.68. The Bertz CT molecular complexity index is 1190. The van der Waals surface area contributed by atoms with E-state index < -0.39 is 23.6 Å². The second-order valence-corrected chi connectivity index (χ2v) is 8.00. The number of carbonyl (C=O) groups is 3. The molecule has 0 aromatic heterocycles. The van der Waals surface area contributed by atoms with Crippen LogP contribution in [-0.4, -0.2) is 42.7 Å². The van der Waals surface area contributed by atoms with E-state index in [1.165, 1.54) is 24.3 Å². The van der Waals surface area contributed by atoms with Gasteiger partial charge in [0.2, 0.25) is 0 Å². The van der Waals surface area contributed by atoms with E-state index >= 15 is 0 Å². The molecule has 1 aliphatic heterocycles. The number of ether oxygens (including phenoxy) is 3. The highest BCUT2D eigenvalue weighted by Gasteiger charge is 2.35. The largest absolute Gasteiger partial charge is 0.490 e. The molecule has 2 amide bonds. The summed E-state index contributed by atoms with van der Waals surface area (Å²) in [6.45, 7) is 3.64. The zero-order chi connectivity index (χ0) is 24.8. The third kappa shape index (κ3) is 5.60. The average Bonchev–Trinajstić information content (AvgIpc) is 2.78. The van der Waals surface area contributed by atoms with Gasteiger partial charge in [0.1, 0.15) is 11.4 Å². The SMILES string of the molecule is CCOC(=O)COc1cc(Br)c(/C=C2\C(=O)NC(=S)N(c3ccccc3F)C2=O)cc1OCC. The third-order valence-electron chi connectivity index (χ3n) is 4.51. The first-order valence-electron chi connectivity index (χ1n) is 10.2. The van der Waals surface area contributed by atoms with Crippen LogP contribution in [0.4, 0.5) is 10.1 Å². The summed E-state index contributed by atoms with van der Waals surface area (Å²) in [6.07, 6.45) is 1.33. The van der Waals surface area contributed by atoms with E-state index in [2.05, 4.69) is 21.2 Å². The molecule has 1 saturated heterocycles. The minimum Gasteiger partial charge on any atom is -0.490 e. The molecular weight excluding hydrogens is 531 g/mol. The number of benzene rings is 2. The van der Waals surface area contributed by atoms with Crippen LogP contribution in [0.25, 0.3) is 6.08 Å². The minimum atomic E-state index is -0.786. The zero-order valence-electron chi connectivity index (χ0n) is 18.2. The van der Waals surface area contributed by atoms with Crippen molar-refractivity contribution in [1.29, 1.82) is 0 Å². The van der Waals surface area contributed by atoms with Crippen LogP contribution in [0.3, 0.4) is 0 Å². The molecule has 3 rings (SSSR count). The highest BCUT2D eigenvalue weighted by atomic mass is 79.9. The van der Waals surface area contributed by atoms with Crippen LogP contribution in [-0.2, 0) is 19.1 Å². The Morgan fingerprint density at radius 1 is 1.15 bits per heavy atom. The van der Waals surface area contributed by atoms with Crippen molar-refractivity contribution in [1.82, 2.24) is 5.32 Å². The third-order valence-corrected chi connectivity index (χ3v) is 5.48. The lowest BCUT2D eigenvalue weighted by Crippen LogP contribution is -2.54. The molecule has 0 aliphatic carbocycles. The van der Waals surface area contributed by atoms with Crippen molar-refractivity contribution >= 4 is 62.8 Å². The van der Waals surface area contributed by atoms with Gasteiger partial charge >= 0.3 is 5.97 Å². The molecule has 0 bridgehead atoms. The fraction of sp³-hybridized carbons (Fsp3) is 0.217. The van der Waals surface area contributed by atoms with E-state index in [-0.39, 0.29) is 41.1 Å². The fourth-order valence-corrected chi connectivity index (χ4v) is 3.76. The predicted octanol–water partition coefficient (Wildman–Crippen LogP) is 3.76. The van der Waals surface area contributed by atoms with E-state index in [1.807, 2.05) is 0 Å². The van der Waals surface area contributed by atoms with Gasteiger partial charge in [-0.15, -0.1) is 0 Å². The number of thiocarbonyl (C=S) groups is 1. The van der Waals surface area contributed by atoms with Crippen molar-refractivity contribution in [3.05, 3.63) is 57.8 Å². The number of anilines is 1. The van der Waals surface area contributed by atoms with Crippen LogP contribution in [0.5, 0.6) is 11.5 Å². The standard InChI is InChI=1S/C23H20BrFN2O6S/c1-3-31-18-10-13(15(24)11-19(18)33-12-20(28)32-4-2)9-14-21(29)26-23(34)27(22(14)30)17-8-6-5-7-16(17)25/h5-11H,3-4,12H2,1-2H3,(H,26,29,34)/b14-9+. The molecule has 2 aromatic rings. The maximum atomic E-state index is 14.3. The first kappa shape index (κ1) is 25.3. The topological polar surface area (TPSA) is 94.2 Å². The number of rotatable bonds is 8. The summed E-state index contributed by atoms with van der Waals surface area (Å²) < 4.78 is 30.8. The lowest BCUT2D eigenvalue weighted by atomic mass is 10.1. The van der Waals surface area contributed by atoms with Gasteiger partial charge in [0.25, 0.3) is 11.8 Å². The van der Waals surface area contributed by atoms with Gasteiger partial charge in [-0.05, 0) is 62.0 Å². The van der Waals surface area contributed by atoms with Gasteiger partial charge in [-0.1, -0.05) is 28.1 Å². The minimum absolute atomic E-state index is 0.0832. The first-order valence-corrected chi connectivity index (χ1v) is 11.4. The van der Waals surface area contributed by atoms with Gasteiger partial charge in [0, 0.05) is 4.47 Å². The van der Waals surface area contributed by atoms with Gasteiger partial charge in [-0.3, -0.25) is 14.9 Å². The lowest BCUT2D eigenvalue weighted by molar-refractivity contribution is -0.145. The van der Waals surface area contributed by atoms with Crippen LogP contribution in [0, 0.1) is 5.82 Å². The van der Waals surface area contributed by atoms with Gasteiger partial charge in [0.15, 0.2) is 23.2 Å². The van der Waals surface area contributed by atoms with E-state index in [4.69, 9.17) is 26.4 Å². The van der Waals surface area contributed by atoms with Gasteiger partial charge in [0.05, 0.1) is 18.9 Å². The number of carbonyl (C=O) groups excluding carboxylic acids is 3. The molecule has 0 spiro atoms. The summed E-state index contributed by atoms with van der Waals surface area (Å²) in [5.41, 5.74) is 0.0621. The smallest absolute Gasteiger partial charge is 0.344 e. The van der Waals surface area contributed by atoms with E-state index in [0.29, 0.717) is 16.6 Å². The molecule has 178 valence electrons. The maximum Gasteiger partial charge on any atom is 0.344 e. The molecule has 0 saturated carbocycles. The molecular formula is C23H20BrFN2O6S. The summed E-state index contributed by atoms with van der Waals surface area (Å²) in [5.74, 6) is -2.18.